The van der Waals surface area contributed by atoms with Gasteiger partial charge in [-0.3, -0.25) is 5.43 Å². The summed E-state index contributed by atoms with van der Waals surface area (Å²) in [7, 11) is 0. The molecule has 19 heavy (non-hydrogen) atoms. The highest BCUT2D eigenvalue weighted by atomic mass is 35.5. The lowest BCUT2D eigenvalue weighted by atomic mass is 10.2. The Hall–Kier alpha value is -2.28. The van der Waals surface area contributed by atoms with E-state index in [-0.39, 0.29) is 12.4 Å². The molecule has 0 radical (unpaired) electrons. The van der Waals surface area contributed by atoms with E-state index in [1.54, 1.807) is 25.1 Å². The molecule has 0 atom stereocenters. The van der Waals surface area contributed by atoms with Crippen LogP contribution in [0, 0.1) is 0 Å². The van der Waals surface area contributed by atoms with Gasteiger partial charge in [0.1, 0.15) is 0 Å². The van der Waals surface area contributed by atoms with Crippen LogP contribution in [0.25, 0.3) is 10.9 Å². The highest BCUT2D eigenvalue weighted by Gasteiger charge is 2.07. The fourth-order valence-corrected chi connectivity index (χ4v) is 1.67. The third-order valence-electron chi connectivity index (χ3n) is 2.25. The Morgan fingerprint density at radius 1 is 1.53 bits per heavy atom. The number of benzene rings is 1. The van der Waals surface area contributed by atoms with E-state index in [2.05, 4.69) is 25.6 Å². The predicted molar refractivity (Wildman–Crippen MR) is 71.2 cm³/mol. The van der Waals surface area contributed by atoms with E-state index in [1.807, 2.05) is 0 Å². The van der Waals surface area contributed by atoms with Crippen LogP contribution in [0.5, 0.6) is 0 Å². The molecule has 0 aliphatic rings. The highest BCUT2D eigenvalue weighted by molar-refractivity contribution is 6.31. The van der Waals surface area contributed by atoms with Gasteiger partial charge in [0, 0.05) is 10.4 Å². The smallest absolute Gasteiger partial charge is 0.425 e. The molecule has 1 heterocycles. The van der Waals surface area contributed by atoms with Crippen molar-refractivity contribution in [2.75, 3.05) is 12.0 Å². The molecule has 8 heteroatoms. The first-order chi connectivity index (χ1) is 9.10. The van der Waals surface area contributed by atoms with Gasteiger partial charge in [-0.1, -0.05) is 11.6 Å². The maximum Gasteiger partial charge on any atom is 0.425 e. The maximum absolute atomic E-state index is 11.4. The van der Waals surface area contributed by atoms with Crippen LogP contribution >= 0.6 is 11.6 Å². The number of hydrogen-bond acceptors (Lipinski definition) is 5. The molecular formula is C11H11ClN4O3. The van der Waals surface area contributed by atoms with E-state index in [9.17, 15) is 9.59 Å². The number of rotatable bonds is 3. The molecule has 2 rings (SSSR count). The van der Waals surface area contributed by atoms with E-state index in [1.165, 1.54) is 0 Å². The van der Waals surface area contributed by atoms with Gasteiger partial charge in [-0.2, -0.15) is 4.98 Å². The third kappa shape index (κ3) is 3.14. The summed E-state index contributed by atoms with van der Waals surface area (Å²) in [6.07, 6.45) is -0.667. The minimum absolute atomic E-state index is 0.189. The Kier molecular flexibility index (Phi) is 3.86. The van der Waals surface area contributed by atoms with Crippen molar-refractivity contribution in [3.8, 4) is 0 Å². The molecule has 0 aliphatic carbocycles. The summed E-state index contributed by atoms with van der Waals surface area (Å²) >= 11 is 5.88. The number of ether oxygens (including phenoxy) is 1. The Balaban J connectivity index is 2.33. The molecule has 0 aliphatic heterocycles. The number of nitrogens with zero attached hydrogens (tertiary/aromatic N) is 1. The first-order valence-electron chi connectivity index (χ1n) is 5.48. The number of nitrogens with one attached hydrogen (secondary N) is 3. The number of hydrogen-bond donors (Lipinski definition) is 3. The molecule has 1 amide bonds. The second-order valence-corrected chi connectivity index (χ2v) is 3.99. The molecule has 0 fully saturated rings. The molecule has 7 nitrogen and oxygen atoms in total. The quantitative estimate of drug-likeness (QED) is 0.744. The van der Waals surface area contributed by atoms with Crippen LogP contribution in [0.3, 0.4) is 0 Å². The van der Waals surface area contributed by atoms with Crippen molar-refractivity contribution in [3.63, 3.8) is 0 Å². The van der Waals surface area contributed by atoms with Gasteiger partial charge < -0.3 is 9.72 Å². The van der Waals surface area contributed by atoms with E-state index < -0.39 is 11.8 Å². The largest absolute Gasteiger partial charge is 0.449 e. The number of aromatic nitrogens is 2. The Morgan fingerprint density at radius 3 is 3.05 bits per heavy atom. The van der Waals surface area contributed by atoms with Gasteiger partial charge in [0.2, 0.25) is 0 Å². The van der Waals surface area contributed by atoms with Crippen LogP contribution < -0.4 is 16.5 Å². The number of carbonyl (C=O) groups is 1. The fraction of sp³-hybridized carbons (Fsp3) is 0.182. The maximum atomic E-state index is 11.4. The van der Waals surface area contributed by atoms with Gasteiger partial charge in [-0.25, -0.2) is 15.0 Å². The summed E-state index contributed by atoms with van der Waals surface area (Å²) in [5.41, 5.74) is 4.81. The van der Waals surface area contributed by atoms with Crippen LogP contribution in [0.4, 0.5) is 10.6 Å². The molecular weight excluding hydrogens is 272 g/mol. The Labute approximate surface area is 112 Å². The lowest BCUT2D eigenvalue weighted by Crippen LogP contribution is -2.31. The summed E-state index contributed by atoms with van der Waals surface area (Å²) < 4.78 is 4.68. The van der Waals surface area contributed by atoms with Crippen molar-refractivity contribution < 1.29 is 9.53 Å². The summed E-state index contributed by atoms with van der Waals surface area (Å²) in [5, 5.41) is 1.06. The second kappa shape index (κ2) is 5.57. The van der Waals surface area contributed by atoms with E-state index in [0.29, 0.717) is 15.9 Å². The van der Waals surface area contributed by atoms with Gasteiger partial charge in [0.25, 0.3) is 0 Å². The van der Waals surface area contributed by atoms with Gasteiger partial charge in [0.05, 0.1) is 12.1 Å². The van der Waals surface area contributed by atoms with Gasteiger partial charge in [-0.05, 0) is 25.1 Å². The minimum atomic E-state index is -0.667. The lowest BCUT2D eigenvalue weighted by molar-refractivity contribution is 0.154. The number of halogens is 1. The van der Waals surface area contributed by atoms with Crippen LogP contribution in [0.15, 0.2) is 23.0 Å². The van der Waals surface area contributed by atoms with Crippen molar-refractivity contribution in [1.82, 2.24) is 15.4 Å². The summed E-state index contributed by atoms with van der Waals surface area (Å²) in [6.45, 7) is 1.92. The molecule has 0 unspecified atom stereocenters. The molecule has 0 saturated heterocycles. The van der Waals surface area contributed by atoms with E-state index in [0.717, 1.165) is 0 Å². The highest BCUT2D eigenvalue weighted by Crippen LogP contribution is 2.21. The summed E-state index contributed by atoms with van der Waals surface area (Å²) in [5.74, 6) is 0.189. The average Bonchev–Trinajstić information content (AvgIpc) is 2.37. The van der Waals surface area contributed by atoms with Gasteiger partial charge >= 0.3 is 11.8 Å². The molecule has 1 aromatic carbocycles. The number of hydrazine groups is 1. The van der Waals surface area contributed by atoms with Crippen LogP contribution in [0.2, 0.25) is 5.02 Å². The van der Waals surface area contributed by atoms with Crippen molar-refractivity contribution >= 4 is 34.4 Å². The Bertz CT molecular complexity index is 671. The zero-order chi connectivity index (χ0) is 13.8. The van der Waals surface area contributed by atoms with E-state index >= 15 is 0 Å². The zero-order valence-electron chi connectivity index (χ0n) is 9.99. The average molecular weight is 283 g/mol. The monoisotopic (exact) mass is 282 g/mol. The van der Waals surface area contributed by atoms with Crippen LogP contribution in [-0.2, 0) is 4.74 Å². The molecule has 1 aromatic heterocycles. The van der Waals surface area contributed by atoms with Crippen LogP contribution in [-0.4, -0.2) is 22.7 Å². The number of aromatic amines is 1. The standard InChI is InChI=1S/C11H11ClN4O3/c1-2-19-11(18)16-15-9-7-5-6(12)3-4-8(7)13-10(17)14-9/h3-5H,2H2,1H3,(H,16,18)(H2,13,14,15,17). The third-order valence-corrected chi connectivity index (χ3v) is 2.49. The van der Waals surface area contributed by atoms with Crippen molar-refractivity contribution in [3.05, 3.63) is 33.7 Å². The molecule has 3 N–H and O–H groups in total. The number of carbonyl (C=O) groups excluding carboxylic acids is 1. The summed E-state index contributed by atoms with van der Waals surface area (Å²) in [6, 6.07) is 4.91. The zero-order valence-corrected chi connectivity index (χ0v) is 10.7. The number of fused-ring (bicyclic) bond motifs is 1. The predicted octanol–water partition coefficient (Wildman–Crippen LogP) is 1.65. The molecule has 0 spiro atoms. The van der Waals surface area contributed by atoms with Gasteiger partial charge in [0.15, 0.2) is 5.82 Å². The summed E-state index contributed by atoms with van der Waals surface area (Å²) in [4.78, 5) is 28.8. The molecule has 0 saturated carbocycles. The lowest BCUT2D eigenvalue weighted by Gasteiger charge is -2.09. The normalized spacial score (nSPS) is 10.2. The topological polar surface area (TPSA) is 96.1 Å². The SMILES string of the molecule is CCOC(=O)NNc1nc(=O)[nH]c2ccc(Cl)cc12. The molecule has 0 bridgehead atoms. The van der Waals surface area contributed by atoms with Crippen molar-refractivity contribution in [2.24, 2.45) is 0 Å². The minimum Gasteiger partial charge on any atom is -0.449 e. The van der Waals surface area contributed by atoms with Crippen LogP contribution in [0.1, 0.15) is 6.92 Å². The van der Waals surface area contributed by atoms with Gasteiger partial charge in [-0.15, -0.1) is 0 Å². The van der Waals surface area contributed by atoms with Crippen molar-refractivity contribution in [2.45, 2.75) is 6.92 Å². The number of anilines is 1. The fourth-order valence-electron chi connectivity index (χ4n) is 1.50. The van der Waals surface area contributed by atoms with E-state index in [4.69, 9.17) is 11.6 Å². The van der Waals surface area contributed by atoms with Crippen molar-refractivity contribution in [1.29, 1.82) is 0 Å². The Morgan fingerprint density at radius 2 is 2.32 bits per heavy atom. The number of amides is 1. The second-order valence-electron chi connectivity index (χ2n) is 3.55. The number of H-pyrrole nitrogens is 1. The molecule has 2 aromatic rings. The first kappa shape index (κ1) is 13.2. The first-order valence-corrected chi connectivity index (χ1v) is 5.86. The molecule has 100 valence electrons.